The number of para-hydroxylation sites is 1. The molecular formula is C19H24FN5. The molecule has 4 rings (SSSR count). The van der Waals surface area contributed by atoms with Crippen molar-refractivity contribution in [2.24, 2.45) is 0 Å². The van der Waals surface area contributed by atoms with Crippen LogP contribution in [0.5, 0.6) is 0 Å². The van der Waals surface area contributed by atoms with Crippen LogP contribution in [0, 0.1) is 5.82 Å². The van der Waals surface area contributed by atoms with Gasteiger partial charge in [0, 0.05) is 45.5 Å². The number of hydrogen-bond donors (Lipinski definition) is 0. The van der Waals surface area contributed by atoms with Gasteiger partial charge < -0.3 is 14.7 Å². The predicted octanol–water partition coefficient (Wildman–Crippen LogP) is 2.93. The Morgan fingerprint density at radius 1 is 0.760 bits per heavy atom. The summed E-state index contributed by atoms with van der Waals surface area (Å²) in [6.45, 7) is 5.32. The van der Waals surface area contributed by atoms with Gasteiger partial charge >= 0.3 is 0 Å². The molecule has 3 heterocycles. The fourth-order valence-electron chi connectivity index (χ4n) is 3.65. The second kappa shape index (κ2) is 7.25. The third-order valence-corrected chi connectivity index (χ3v) is 5.06. The number of aromatic nitrogens is 2. The summed E-state index contributed by atoms with van der Waals surface area (Å²) < 4.78 is 14.0. The second-order valence-corrected chi connectivity index (χ2v) is 6.69. The minimum absolute atomic E-state index is 0.153. The van der Waals surface area contributed by atoms with Crippen molar-refractivity contribution in [3.8, 4) is 0 Å². The van der Waals surface area contributed by atoms with Crippen molar-refractivity contribution >= 4 is 17.5 Å². The smallest absolute Gasteiger partial charge is 0.227 e. The maximum absolute atomic E-state index is 14.0. The highest BCUT2D eigenvalue weighted by Gasteiger charge is 2.22. The molecule has 0 atom stereocenters. The molecule has 6 heteroatoms. The van der Waals surface area contributed by atoms with Gasteiger partial charge in [0.1, 0.15) is 11.6 Å². The first-order valence-electron chi connectivity index (χ1n) is 9.14. The molecule has 0 N–H and O–H groups in total. The molecule has 0 unspecified atom stereocenters. The maximum Gasteiger partial charge on any atom is 0.227 e. The van der Waals surface area contributed by atoms with Crippen LogP contribution >= 0.6 is 0 Å². The highest BCUT2D eigenvalue weighted by atomic mass is 19.1. The Balaban J connectivity index is 1.43. The normalized spacial score (nSPS) is 18.5. The van der Waals surface area contributed by atoms with Crippen LogP contribution < -0.4 is 14.7 Å². The van der Waals surface area contributed by atoms with Crippen LogP contribution in [-0.4, -0.2) is 49.2 Å². The largest absolute Gasteiger partial charge is 0.366 e. The summed E-state index contributed by atoms with van der Waals surface area (Å²) in [5.41, 5.74) is 0.685. The van der Waals surface area contributed by atoms with E-state index in [9.17, 15) is 4.39 Å². The lowest BCUT2D eigenvalue weighted by molar-refractivity contribution is 0.571. The van der Waals surface area contributed by atoms with Crippen molar-refractivity contribution in [1.29, 1.82) is 0 Å². The third kappa shape index (κ3) is 3.52. The molecule has 0 radical (unpaired) electrons. The molecule has 2 aliphatic heterocycles. The van der Waals surface area contributed by atoms with Crippen molar-refractivity contribution in [2.45, 2.75) is 19.3 Å². The van der Waals surface area contributed by atoms with Crippen LogP contribution in [0.4, 0.5) is 21.8 Å². The molecule has 0 bridgehead atoms. The van der Waals surface area contributed by atoms with Gasteiger partial charge in [-0.3, -0.25) is 0 Å². The summed E-state index contributed by atoms with van der Waals surface area (Å²) >= 11 is 0. The Morgan fingerprint density at radius 3 is 2.24 bits per heavy atom. The van der Waals surface area contributed by atoms with Gasteiger partial charge in [-0.25, -0.2) is 9.37 Å². The standard InChI is InChI=1S/C19H24FN5/c20-16-6-2-3-7-17(16)23-12-14-25(15-13-23)19-21-9-8-18(22-19)24-10-4-1-5-11-24/h2-3,6-9H,1,4-5,10-15H2. The summed E-state index contributed by atoms with van der Waals surface area (Å²) in [7, 11) is 0. The van der Waals surface area contributed by atoms with Gasteiger partial charge in [-0.2, -0.15) is 4.98 Å². The van der Waals surface area contributed by atoms with E-state index in [1.165, 1.54) is 25.3 Å². The van der Waals surface area contributed by atoms with Gasteiger partial charge in [-0.1, -0.05) is 12.1 Å². The Hall–Kier alpha value is -2.37. The van der Waals surface area contributed by atoms with Crippen LogP contribution in [0.15, 0.2) is 36.5 Å². The highest BCUT2D eigenvalue weighted by Crippen LogP contribution is 2.23. The van der Waals surface area contributed by atoms with Crippen LogP contribution in [0.3, 0.4) is 0 Å². The first-order chi connectivity index (χ1) is 12.3. The van der Waals surface area contributed by atoms with Crippen molar-refractivity contribution in [1.82, 2.24) is 9.97 Å². The van der Waals surface area contributed by atoms with Gasteiger partial charge in [0.05, 0.1) is 5.69 Å². The molecule has 25 heavy (non-hydrogen) atoms. The van der Waals surface area contributed by atoms with Crippen LogP contribution in [0.25, 0.3) is 0 Å². The zero-order chi connectivity index (χ0) is 17.1. The molecule has 5 nitrogen and oxygen atoms in total. The van der Waals surface area contributed by atoms with Crippen molar-refractivity contribution in [3.05, 3.63) is 42.3 Å². The number of hydrogen-bond acceptors (Lipinski definition) is 5. The minimum Gasteiger partial charge on any atom is -0.366 e. The lowest BCUT2D eigenvalue weighted by Gasteiger charge is -2.36. The first kappa shape index (κ1) is 16.1. The van der Waals surface area contributed by atoms with Gasteiger partial charge in [0.2, 0.25) is 5.95 Å². The average molecular weight is 341 g/mol. The van der Waals surface area contributed by atoms with Crippen LogP contribution in [0.1, 0.15) is 19.3 Å². The fraction of sp³-hybridized carbons (Fsp3) is 0.474. The Morgan fingerprint density at radius 2 is 1.48 bits per heavy atom. The SMILES string of the molecule is Fc1ccccc1N1CCN(c2nccc(N3CCCCC3)n2)CC1. The van der Waals surface area contributed by atoms with Gasteiger partial charge in [0.25, 0.3) is 0 Å². The molecule has 0 aliphatic carbocycles. The van der Waals surface area contributed by atoms with E-state index in [1.807, 2.05) is 24.4 Å². The van der Waals surface area contributed by atoms with E-state index >= 15 is 0 Å². The molecule has 2 aliphatic rings. The van der Waals surface area contributed by atoms with E-state index in [4.69, 9.17) is 4.98 Å². The first-order valence-corrected chi connectivity index (χ1v) is 9.14. The highest BCUT2D eigenvalue weighted by molar-refractivity contribution is 5.50. The molecule has 2 fully saturated rings. The molecule has 132 valence electrons. The summed E-state index contributed by atoms with van der Waals surface area (Å²) in [5.74, 6) is 1.66. The van der Waals surface area contributed by atoms with Gasteiger partial charge in [0.15, 0.2) is 0 Å². The lowest BCUT2D eigenvalue weighted by Crippen LogP contribution is -2.47. The summed E-state index contributed by atoms with van der Waals surface area (Å²) in [6, 6.07) is 8.99. The number of rotatable bonds is 3. The molecule has 0 spiro atoms. The number of nitrogens with zero attached hydrogens (tertiary/aromatic N) is 5. The van der Waals surface area contributed by atoms with Crippen LogP contribution in [0.2, 0.25) is 0 Å². The topological polar surface area (TPSA) is 35.5 Å². The van der Waals surface area contributed by atoms with E-state index in [0.717, 1.165) is 51.0 Å². The van der Waals surface area contributed by atoms with E-state index in [2.05, 4.69) is 19.7 Å². The number of piperazine rings is 1. The molecule has 0 saturated carbocycles. The fourth-order valence-corrected chi connectivity index (χ4v) is 3.65. The average Bonchev–Trinajstić information content (AvgIpc) is 2.69. The quantitative estimate of drug-likeness (QED) is 0.858. The number of halogens is 1. The zero-order valence-corrected chi connectivity index (χ0v) is 14.4. The Labute approximate surface area is 148 Å². The molecule has 2 aromatic rings. The summed E-state index contributed by atoms with van der Waals surface area (Å²) in [5, 5.41) is 0. The number of anilines is 3. The lowest BCUT2D eigenvalue weighted by atomic mass is 10.1. The number of benzene rings is 1. The molecule has 1 aromatic carbocycles. The van der Waals surface area contributed by atoms with Gasteiger partial charge in [-0.05, 0) is 37.5 Å². The van der Waals surface area contributed by atoms with E-state index in [1.54, 1.807) is 6.07 Å². The van der Waals surface area contributed by atoms with E-state index in [-0.39, 0.29) is 5.82 Å². The Bertz CT molecular complexity index is 708. The molecule has 0 amide bonds. The second-order valence-electron chi connectivity index (χ2n) is 6.69. The van der Waals surface area contributed by atoms with Crippen molar-refractivity contribution in [2.75, 3.05) is 54.0 Å². The maximum atomic E-state index is 14.0. The minimum atomic E-state index is -0.153. The summed E-state index contributed by atoms with van der Waals surface area (Å²) in [6.07, 6.45) is 5.64. The Kier molecular flexibility index (Phi) is 4.68. The van der Waals surface area contributed by atoms with Crippen LogP contribution in [-0.2, 0) is 0 Å². The van der Waals surface area contributed by atoms with E-state index < -0.39 is 0 Å². The van der Waals surface area contributed by atoms with Gasteiger partial charge in [-0.15, -0.1) is 0 Å². The monoisotopic (exact) mass is 341 g/mol. The molecular weight excluding hydrogens is 317 g/mol. The van der Waals surface area contributed by atoms with Crippen molar-refractivity contribution in [3.63, 3.8) is 0 Å². The summed E-state index contributed by atoms with van der Waals surface area (Å²) in [4.78, 5) is 15.9. The molecule has 1 aromatic heterocycles. The predicted molar refractivity (Wildman–Crippen MR) is 98.9 cm³/mol. The number of piperidine rings is 1. The third-order valence-electron chi connectivity index (χ3n) is 5.06. The van der Waals surface area contributed by atoms with Crippen molar-refractivity contribution < 1.29 is 4.39 Å². The van der Waals surface area contributed by atoms with E-state index in [0.29, 0.717) is 5.69 Å². The molecule has 2 saturated heterocycles. The zero-order valence-electron chi connectivity index (χ0n) is 14.4.